The average Bonchev–Trinajstić information content (AvgIpc) is 2.69. The molecule has 27 heavy (non-hydrogen) atoms. The van der Waals surface area contributed by atoms with Gasteiger partial charge >= 0.3 is 0 Å². The molecule has 1 nitrogen and oxygen atoms in total. The summed E-state index contributed by atoms with van der Waals surface area (Å²) in [5, 5.41) is 3.20. The van der Waals surface area contributed by atoms with E-state index in [1.165, 1.54) is 20.9 Å². The molecule has 0 heterocycles. The van der Waals surface area contributed by atoms with Crippen LogP contribution in [0.25, 0.3) is 0 Å². The molecule has 3 aromatic rings. The molecule has 0 saturated heterocycles. The van der Waals surface area contributed by atoms with Gasteiger partial charge in [-0.05, 0) is 68.2 Å². The topological polar surface area (TPSA) is 12.4 Å². The van der Waals surface area contributed by atoms with E-state index in [1.54, 1.807) is 23.5 Å². The molecule has 0 bridgehead atoms. The van der Waals surface area contributed by atoms with E-state index in [-0.39, 0.29) is 0 Å². The number of thioether (sulfide) groups is 2. The molecule has 0 saturated carbocycles. The van der Waals surface area contributed by atoms with Crippen LogP contribution < -0.4 is 0 Å². The zero-order chi connectivity index (χ0) is 19.1. The van der Waals surface area contributed by atoms with Crippen molar-refractivity contribution < 1.29 is 0 Å². The molecule has 136 valence electrons. The van der Waals surface area contributed by atoms with Crippen molar-refractivity contribution in [1.29, 1.82) is 0 Å². The molecule has 0 N–H and O–H groups in total. The standard InChI is InChI=1S/C24H23NS2/c1-18-9-13-21(14-10-18)25-24(27-23-15-11-19(2)12-16-23)20(3)17-26-22-7-5-4-6-8-22/h4-17H,1-3H3/b20-17+,25-24?. The number of nitrogens with zero attached hydrogens (tertiary/aromatic N) is 1. The van der Waals surface area contributed by atoms with Crippen LogP contribution in [0.15, 0.2) is 105 Å². The first kappa shape index (κ1) is 19.5. The van der Waals surface area contributed by atoms with Crippen LogP contribution in [-0.4, -0.2) is 5.04 Å². The Hall–Kier alpha value is -2.23. The highest BCUT2D eigenvalue weighted by Gasteiger charge is 2.07. The van der Waals surface area contributed by atoms with Crippen molar-refractivity contribution in [3.05, 3.63) is 101 Å². The number of benzene rings is 3. The highest BCUT2D eigenvalue weighted by atomic mass is 32.2. The van der Waals surface area contributed by atoms with Crippen LogP contribution >= 0.6 is 23.5 Å². The van der Waals surface area contributed by atoms with E-state index >= 15 is 0 Å². The Morgan fingerprint density at radius 1 is 0.741 bits per heavy atom. The summed E-state index contributed by atoms with van der Waals surface area (Å²) in [6.07, 6.45) is 0. The Morgan fingerprint density at radius 2 is 1.33 bits per heavy atom. The van der Waals surface area contributed by atoms with Gasteiger partial charge in [0.25, 0.3) is 0 Å². The van der Waals surface area contributed by atoms with Crippen LogP contribution in [0, 0.1) is 13.8 Å². The molecule has 0 unspecified atom stereocenters. The zero-order valence-corrected chi connectivity index (χ0v) is 17.5. The maximum Gasteiger partial charge on any atom is 0.105 e. The maximum atomic E-state index is 4.93. The molecule has 0 spiro atoms. The Balaban J connectivity index is 1.88. The molecule has 3 aromatic carbocycles. The lowest BCUT2D eigenvalue weighted by molar-refractivity contribution is 1.38. The average molecular weight is 390 g/mol. The first-order valence-corrected chi connectivity index (χ1v) is 10.6. The SMILES string of the molecule is C/C(=C\Sc1ccccc1)C(=Nc1ccc(C)cc1)Sc1ccc(C)cc1. The predicted octanol–water partition coefficient (Wildman–Crippen LogP) is 7.82. The third kappa shape index (κ3) is 6.16. The molecular formula is C24H23NS2. The van der Waals surface area contributed by atoms with Gasteiger partial charge in [0.2, 0.25) is 0 Å². The van der Waals surface area contributed by atoms with Crippen molar-refractivity contribution in [2.45, 2.75) is 30.6 Å². The second kappa shape index (κ2) is 9.63. The number of rotatable bonds is 5. The number of hydrogen-bond acceptors (Lipinski definition) is 3. The van der Waals surface area contributed by atoms with Gasteiger partial charge in [-0.2, -0.15) is 0 Å². The third-order valence-corrected chi connectivity index (χ3v) is 6.08. The predicted molar refractivity (Wildman–Crippen MR) is 121 cm³/mol. The molecule has 0 aliphatic rings. The van der Waals surface area contributed by atoms with Gasteiger partial charge in [-0.1, -0.05) is 77.1 Å². The van der Waals surface area contributed by atoms with Crippen molar-refractivity contribution in [2.75, 3.05) is 0 Å². The van der Waals surface area contributed by atoms with Gasteiger partial charge < -0.3 is 0 Å². The molecule has 0 radical (unpaired) electrons. The number of hydrogen-bond donors (Lipinski definition) is 0. The largest absolute Gasteiger partial charge is 0.241 e. The van der Waals surface area contributed by atoms with Crippen LogP contribution in [0.3, 0.4) is 0 Å². The van der Waals surface area contributed by atoms with Gasteiger partial charge in [0.1, 0.15) is 5.04 Å². The molecule has 0 aliphatic carbocycles. The Bertz CT molecular complexity index is 924. The third-order valence-electron chi connectivity index (χ3n) is 3.95. The summed E-state index contributed by atoms with van der Waals surface area (Å²) >= 11 is 3.43. The van der Waals surface area contributed by atoms with Gasteiger partial charge in [0, 0.05) is 9.79 Å². The number of aliphatic imine (C=N–C) groups is 1. The molecular weight excluding hydrogens is 366 g/mol. The fourth-order valence-electron chi connectivity index (χ4n) is 2.35. The molecule has 3 rings (SSSR count). The van der Waals surface area contributed by atoms with Gasteiger partial charge in [-0.15, -0.1) is 0 Å². The van der Waals surface area contributed by atoms with Crippen LogP contribution in [0.4, 0.5) is 5.69 Å². The zero-order valence-electron chi connectivity index (χ0n) is 15.8. The summed E-state index contributed by atoms with van der Waals surface area (Å²) in [5.41, 5.74) is 4.65. The van der Waals surface area contributed by atoms with Gasteiger partial charge in [0.05, 0.1) is 5.69 Å². The highest BCUT2D eigenvalue weighted by Crippen LogP contribution is 2.29. The lowest BCUT2D eigenvalue weighted by atomic mass is 10.2. The van der Waals surface area contributed by atoms with E-state index in [0.29, 0.717) is 0 Å². The molecule has 0 aliphatic heterocycles. The lowest BCUT2D eigenvalue weighted by Crippen LogP contribution is -1.94. The van der Waals surface area contributed by atoms with Gasteiger partial charge in [-0.25, -0.2) is 4.99 Å². The quantitative estimate of drug-likeness (QED) is 0.250. The van der Waals surface area contributed by atoms with Crippen molar-refractivity contribution in [3.63, 3.8) is 0 Å². The van der Waals surface area contributed by atoms with Crippen molar-refractivity contribution in [3.8, 4) is 0 Å². The summed E-state index contributed by atoms with van der Waals surface area (Å²) in [5.74, 6) is 0. The normalized spacial score (nSPS) is 12.3. The lowest BCUT2D eigenvalue weighted by Gasteiger charge is -2.08. The first-order valence-electron chi connectivity index (χ1n) is 8.89. The van der Waals surface area contributed by atoms with E-state index in [2.05, 4.69) is 99.0 Å². The minimum atomic E-state index is 0.979. The van der Waals surface area contributed by atoms with Crippen LogP contribution in [0.5, 0.6) is 0 Å². The summed E-state index contributed by atoms with van der Waals surface area (Å²) in [4.78, 5) is 7.35. The monoisotopic (exact) mass is 389 g/mol. The van der Waals surface area contributed by atoms with Gasteiger partial charge in [0.15, 0.2) is 0 Å². The first-order chi connectivity index (χ1) is 13.1. The molecule has 0 atom stereocenters. The van der Waals surface area contributed by atoms with Crippen molar-refractivity contribution in [2.24, 2.45) is 4.99 Å². The Kier molecular flexibility index (Phi) is 6.97. The van der Waals surface area contributed by atoms with E-state index < -0.39 is 0 Å². The molecule has 0 amide bonds. The number of aryl methyl sites for hydroxylation is 2. The molecule has 0 aromatic heterocycles. The summed E-state index contributed by atoms with van der Waals surface area (Å²) in [7, 11) is 0. The maximum absolute atomic E-state index is 4.93. The fourth-order valence-corrected chi connectivity index (χ4v) is 4.03. The second-order valence-electron chi connectivity index (χ2n) is 6.40. The smallest absolute Gasteiger partial charge is 0.105 e. The minimum absolute atomic E-state index is 0.979. The minimum Gasteiger partial charge on any atom is -0.241 e. The fraction of sp³-hybridized carbons (Fsp3) is 0.125. The van der Waals surface area contributed by atoms with E-state index in [9.17, 15) is 0 Å². The Labute approximate surface area is 170 Å². The van der Waals surface area contributed by atoms with Gasteiger partial charge in [-0.3, -0.25) is 0 Å². The molecule has 3 heteroatoms. The van der Waals surface area contributed by atoms with Crippen LogP contribution in [0.1, 0.15) is 18.1 Å². The molecule has 0 fully saturated rings. The van der Waals surface area contributed by atoms with E-state index in [4.69, 9.17) is 4.99 Å². The van der Waals surface area contributed by atoms with Crippen molar-refractivity contribution in [1.82, 2.24) is 0 Å². The summed E-state index contributed by atoms with van der Waals surface area (Å²) < 4.78 is 0. The highest BCUT2D eigenvalue weighted by molar-refractivity contribution is 8.14. The summed E-state index contributed by atoms with van der Waals surface area (Å²) in [6.45, 7) is 6.33. The Morgan fingerprint density at radius 3 is 1.96 bits per heavy atom. The van der Waals surface area contributed by atoms with Crippen LogP contribution in [0.2, 0.25) is 0 Å². The summed E-state index contributed by atoms with van der Waals surface area (Å²) in [6, 6.07) is 27.4. The van der Waals surface area contributed by atoms with E-state index in [0.717, 1.165) is 16.3 Å². The van der Waals surface area contributed by atoms with Crippen molar-refractivity contribution >= 4 is 34.3 Å². The van der Waals surface area contributed by atoms with Crippen LogP contribution in [-0.2, 0) is 0 Å². The second-order valence-corrected chi connectivity index (χ2v) is 8.40. The van der Waals surface area contributed by atoms with E-state index in [1.807, 2.05) is 6.07 Å².